The zero-order chi connectivity index (χ0) is 13.1. The highest BCUT2D eigenvalue weighted by Crippen LogP contribution is 2.13. The minimum Gasteiger partial charge on any atom is -0.463 e. The summed E-state index contributed by atoms with van der Waals surface area (Å²) in [5.41, 5.74) is 1.16. The molecule has 18 heavy (non-hydrogen) atoms. The molecule has 0 aliphatic carbocycles. The van der Waals surface area contributed by atoms with Crippen molar-refractivity contribution in [3.8, 4) is 11.9 Å². The van der Waals surface area contributed by atoms with Gasteiger partial charge in [0.1, 0.15) is 12.4 Å². The smallest absolute Gasteiger partial charge is 0.377 e. The molecule has 7 nitrogen and oxygen atoms in total. The van der Waals surface area contributed by atoms with Crippen LogP contribution in [0.15, 0.2) is 18.6 Å². The Morgan fingerprint density at radius 1 is 1.50 bits per heavy atom. The van der Waals surface area contributed by atoms with Crippen molar-refractivity contribution in [1.82, 2.24) is 19.7 Å². The average molecular weight is 243 g/mol. The summed E-state index contributed by atoms with van der Waals surface area (Å²) in [6.45, 7) is 1.79. The number of hydrogen-bond acceptors (Lipinski definition) is 6. The first-order valence-electron chi connectivity index (χ1n) is 5.03. The van der Waals surface area contributed by atoms with Gasteiger partial charge < -0.3 is 4.74 Å². The number of pyridine rings is 1. The molecule has 2 rings (SSSR count). The van der Waals surface area contributed by atoms with Crippen molar-refractivity contribution in [1.29, 1.82) is 5.26 Å². The fourth-order valence-electron chi connectivity index (χ4n) is 1.41. The summed E-state index contributed by atoms with van der Waals surface area (Å²) < 4.78 is 5.78. The maximum Gasteiger partial charge on any atom is 0.377 e. The van der Waals surface area contributed by atoms with Gasteiger partial charge in [-0.1, -0.05) is 0 Å². The predicted octanol–water partition coefficient (Wildman–Crippen LogP) is 0.629. The lowest BCUT2D eigenvalue weighted by Crippen LogP contribution is -2.07. The largest absolute Gasteiger partial charge is 0.463 e. The van der Waals surface area contributed by atoms with Gasteiger partial charge in [-0.3, -0.25) is 0 Å². The van der Waals surface area contributed by atoms with Crippen LogP contribution < -0.4 is 0 Å². The second-order valence-corrected chi connectivity index (χ2v) is 3.44. The molecule has 0 bridgehead atoms. The number of nitriles is 1. The minimum absolute atomic E-state index is 0.0790. The molecule has 7 heteroatoms. The third-order valence-electron chi connectivity index (χ3n) is 2.33. The van der Waals surface area contributed by atoms with Crippen molar-refractivity contribution in [3.05, 3.63) is 35.5 Å². The van der Waals surface area contributed by atoms with Crippen LogP contribution in [0.4, 0.5) is 0 Å². The molecule has 0 saturated heterocycles. The number of aryl methyl sites for hydroxylation is 1. The third kappa shape index (κ3) is 1.91. The highest BCUT2D eigenvalue weighted by atomic mass is 16.5. The van der Waals surface area contributed by atoms with Crippen molar-refractivity contribution in [2.75, 3.05) is 7.11 Å². The van der Waals surface area contributed by atoms with Crippen LogP contribution in [-0.4, -0.2) is 32.8 Å². The van der Waals surface area contributed by atoms with E-state index in [4.69, 9.17) is 5.26 Å². The minimum atomic E-state index is -0.639. The molecule has 2 aromatic rings. The Hall–Kier alpha value is -2.75. The summed E-state index contributed by atoms with van der Waals surface area (Å²) in [6, 6.07) is 3.77. The van der Waals surface area contributed by atoms with Crippen LogP contribution in [0.5, 0.6) is 0 Å². The first-order valence-corrected chi connectivity index (χ1v) is 5.03. The fourth-order valence-corrected chi connectivity index (χ4v) is 1.41. The third-order valence-corrected chi connectivity index (χ3v) is 2.33. The summed E-state index contributed by atoms with van der Waals surface area (Å²) in [6.07, 6.45) is 2.87. The normalized spacial score (nSPS) is 9.83. The van der Waals surface area contributed by atoms with Crippen molar-refractivity contribution in [3.63, 3.8) is 0 Å². The van der Waals surface area contributed by atoms with E-state index in [-0.39, 0.29) is 5.82 Å². The van der Waals surface area contributed by atoms with Gasteiger partial charge in [-0.15, -0.1) is 5.10 Å². The van der Waals surface area contributed by atoms with Gasteiger partial charge in [0.2, 0.25) is 0 Å². The Morgan fingerprint density at radius 3 is 2.94 bits per heavy atom. The first kappa shape index (κ1) is 11.7. The molecule has 0 aliphatic rings. The fraction of sp³-hybridized carbons (Fsp3) is 0.182. The van der Waals surface area contributed by atoms with Gasteiger partial charge in [-0.05, 0) is 18.6 Å². The summed E-state index contributed by atoms with van der Waals surface area (Å²) in [5.74, 6) is -0.384. The first-order chi connectivity index (χ1) is 8.67. The van der Waals surface area contributed by atoms with E-state index in [9.17, 15) is 4.79 Å². The van der Waals surface area contributed by atoms with Gasteiger partial charge in [-0.2, -0.15) is 5.26 Å². The number of ether oxygens (including phenoxy) is 1. The van der Waals surface area contributed by atoms with Crippen molar-refractivity contribution in [2.45, 2.75) is 6.92 Å². The van der Waals surface area contributed by atoms with Gasteiger partial charge in [0.15, 0.2) is 5.82 Å². The second kappa shape index (κ2) is 4.63. The topological polar surface area (TPSA) is 93.7 Å². The number of esters is 1. The molecule has 2 heterocycles. The summed E-state index contributed by atoms with van der Waals surface area (Å²) in [5, 5.41) is 13.0. The number of aromatic nitrogens is 4. The van der Waals surface area contributed by atoms with E-state index in [2.05, 4.69) is 19.8 Å². The zero-order valence-corrected chi connectivity index (χ0v) is 9.78. The van der Waals surface area contributed by atoms with Crippen LogP contribution in [0.1, 0.15) is 21.7 Å². The lowest BCUT2D eigenvalue weighted by Gasteiger charge is -2.03. The van der Waals surface area contributed by atoms with Crippen molar-refractivity contribution >= 4 is 5.97 Å². The quantitative estimate of drug-likeness (QED) is 0.718. The van der Waals surface area contributed by atoms with Crippen LogP contribution in [-0.2, 0) is 4.74 Å². The van der Waals surface area contributed by atoms with Gasteiger partial charge in [0.05, 0.1) is 12.7 Å². The maximum absolute atomic E-state index is 11.2. The lowest BCUT2D eigenvalue weighted by molar-refractivity contribution is 0.0587. The molecule has 90 valence electrons. The number of carbonyl (C=O) groups is 1. The van der Waals surface area contributed by atoms with E-state index in [0.29, 0.717) is 11.4 Å². The molecule has 0 aromatic carbocycles. The molecule has 0 atom stereocenters. The van der Waals surface area contributed by atoms with E-state index >= 15 is 0 Å². The van der Waals surface area contributed by atoms with Crippen LogP contribution in [0.3, 0.4) is 0 Å². The van der Waals surface area contributed by atoms with E-state index in [1.54, 1.807) is 19.2 Å². The van der Waals surface area contributed by atoms with E-state index < -0.39 is 5.97 Å². The number of carbonyl (C=O) groups excluding carboxylic acids is 1. The summed E-state index contributed by atoms with van der Waals surface area (Å²) in [4.78, 5) is 19.1. The number of hydrogen-bond donors (Lipinski definition) is 0. The van der Waals surface area contributed by atoms with Crippen LogP contribution in [0.2, 0.25) is 0 Å². The summed E-state index contributed by atoms with van der Waals surface area (Å²) in [7, 11) is 1.24. The molecule has 0 spiro atoms. The molecule has 2 aromatic heterocycles. The number of rotatable bonds is 2. The molecular formula is C11H9N5O2. The van der Waals surface area contributed by atoms with Crippen LogP contribution in [0, 0.1) is 18.3 Å². The van der Waals surface area contributed by atoms with Gasteiger partial charge in [-0.25, -0.2) is 19.4 Å². The number of nitrogens with zero attached hydrogens (tertiary/aromatic N) is 5. The Labute approximate surface area is 103 Å². The van der Waals surface area contributed by atoms with E-state index in [1.165, 1.54) is 18.1 Å². The Morgan fingerprint density at radius 2 is 2.28 bits per heavy atom. The van der Waals surface area contributed by atoms with Crippen molar-refractivity contribution < 1.29 is 9.53 Å². The molecule has 0 amide bonds. The average Bonchev–Trinajstić information content (AvgIpc) is 2.87. The predicted molar refractivity (Wildman–Crippen MR) is 59.9 cm³/mol. The number of methoxy groups -OCH3 is 1. The van der Waals surface area contributed by atoms with Gasteiger partial charge in [0, 0.05) is 6.20 Å². The van der Waals surface area contributed by atoms with E-state index in [1.807, 2.05) is 6.07 Å². The standard InChI is InChI=1S/C11H9N5O2/c1-7-3-4-13-10(8(7)5-12)16-6-14-9(15-16)11(17)18-2/h3-4,6H,1-2H3. The van der Waals surface area contributed by atoms with E-state index in [0.717, 1.165) is 5.56 Å². The van der Waals surface area contributed by atoms with Crippen LogP contribution in [0.25, 0.3) is 5.82 Å². The molecule has 0 unspecified atom stereocenters. The monoisotopic (exact) mass is 243 g/mol. The Balaban J connectivity index is 2.50. The van der Waals surface area contributed by atoms with Gasteiger partial charge in [0.25, 0.3) is 5.82 Å². The zero-order valence-electron chi connectivity index (χ0n) is 9.78. The molecular weight excluding hydrogens is 234 g/mol. The lowest BCUT2D eigenvalue weighted by atomic mass is 10.1. The molecule has 0 N–H and O–H groups in total. The molecule has 0 fully saturated rings. The van der Waals surface area contributed by atoms with Gasteiger partial charge >= 0.3 is 5.97 Å². The molecule has 0 radical (unpaired) electrons. The highest BCUT2D eigenvalue weighted by molar-refractivity contribution is 5.84. The second-order valence-electron chi connectivity index (χ2n) is 3.44. The van der Waals surface area contributed by atoms with Crippen LogP contribution >= 0.6 is 0 Å². The maximum atomic E-state index is 11.2. The highest BCUT2D eigenvalue weighted by Gasteiger charge is 2.15. The SMILES string of the molecule is COC(=O)c1ncn(-c2nccc(C)c2C#N)n1. The van der Waals surface area contributed by atoms with Crippen molar-refractivity contribution in [2.24, 2.45) is 0 Å². The molecule has 0 aliphatic heterocycles. The molecule has 0 saturated carbocycles. The Bertz CT molecular complexity index is 641. The Kier molecular flexibility index (Phi) is 3.02. The summed E-state index contributed by atoms with van der Waals surface area (Å²) >= 11 is 0.